The van der Waals surface area contributed by atoms with Gasteiger partial charge in [-0.25, -0.2) is 0 Å². The zero-order chi connectivity index (χ0) is 14.2. The molecule has 2 nitrogen and oxygen atoms in total. The summed E-state index contributed by atoms with van der Waals surface area (Å²) in [5.74, 6) is -0.101. The number of ether oxygens (including phenoxy) is 1. The van der Waals surface area contributed by atoms with E-state index in [1.807, 2.05) is 6.07 Å². The average molecular weight is 285 g/mol. The first-order chi connectivity index (χ1) is 9.50. The molecule has 1 aromatic rings. The molecule has 1 saturated carbocycles. The second kappa shape index (κ2) is 4.86. The smallest absolute Gasteiger partial charge is 0.404 e. The van der Waals surface area contributed by atoms with Crippen LogP contribution in [0.1, 0.15) is 44.1 Å². The first kappa shape index (κ1) is 13.6. The minimum atomic E-state index is -4.64. The van der Waals surface area contributed by atoms with Gasteiger partial charge in [-0.3, -0.25) is 0 Å². The fourth-order valence-electron chi connectivity index (χ4n) is 3.57. The van der Waals surface area contributed by atoms with Crippen molar-refractivity contribution in [2.24, 2.45) is 0 Å². The predicted octanol–water partition coefficient (Wildman–Crippen LogP) is 4.60. The summed E-state index contributed by atoms with van der Waals surface area (Å²) >= 11 is 0. The lowest BCUT2D eigenvalue weighted by Crippen LogP contribution is -2.27. The number of nitrogens with one attached hydrogen (secondary N) is 1. The van der Waals surface area contributed by atoms with Crippen LogP contribution in [0.25, 0.3) is 0 Å². The highest BCUT2D eigenvalue weighted by atomic mass is 19.4. The van der Waals surface area contributed by atoms with Gasteiger partial charge in [0.15, 0.2) is 5.75 Å². The molecule has 1 N–H and O–H groups in total. The van der Waals surface area contributed by atoms with Gasteiger partial charge in [0.1, 0.15) is 0 Å². The fourth-order valence-corrected chi connectivity index (χ4v) is 3.57. The lowest BCUT2D eigenvalue weighted by Gasteiger charge is -2.27. The molecule has 3 rings (SSSR count). The fraction of sp³-hybridized carbons (Fsp3) is 0.600. The molecule has 1 heterocycles. The monoisotopic (exact) mass is 285 g/mol. The van der Waals surface area contributed by atoms with E-state index in [0.717, 1.165) is 37.8 Å². The van der Waals surface area contributed by atoms with Gasteiger partial charge in [0, 0.05) is 12.0 Å². The molecule has 0 radical (unpaired) electrons. The Kier molecular flexibility index (Phi) is 3.30. The van der Waals surface area contributed by atoms with Crippen molar-refractivity contribution in [2.75, 3.05) is 11.9 Å². The zero-order valence-electron chi connectivity index (χ0n) is 11.2. The Morgan fingerprint density at radius 2 is 1.75 bits per heavy atom. The third-order valence-electron chi connectivity index (χ3n) is 4.49. The van der Waals surface area contributed by atoms with Crippen LogP contribution >= 0.6 is 0 Å². The number of fused-ring (bicyclic) bond motifs is 2. The van der Waals surface area contributed by atoms with Crippen LogP contribution in [0.15, 0.2) is 18.2 Å². The molecule has 110 valence electrons. The van der Waals surface area contributed by atoms with Crippen LogP contribution in [0.3, 0.4) is 0 Å². The number of anilines is 1. The third-order valence-corrected chi connectivity index (χ3v) is 4.49. The Labute approximate surface area is 116 Å². The van der Waals surface area contributed by atoms with Crippen LogP contribution in [0, 0.1) is 0 Å². The van der Waals surface area contributed by atoms with Crippen molar-refractivity contribution in [1.29, 1.82) is 0 Å². The van der Waals surface area contributed by atoms with E-state index in [1.54, 1.807) is 6.07 Å². The third kappa shape index (κ3) is 2.45. The van der Waals surface area contributed by atoms with E-state index in [-0.39, 0.29) is 11.2 Å². The van der Waals surface area contributed by atoms with Gasteiger partial charge in [0.05, 0.1) is 5.69 Å². The number of halogens is 3. The van der Waals surface area contributed by atoms with Crippen molar-refractivity contribution in [1.82, 2.24) is 0 Å². The van der Waals surface area contributed by atoms with E-state index in [4.69, 9.17) is 0 Å². The highest BCUT2D eigenvalue weighted by Crippen LogP contribution is 2.49. The van der Waals surface area contributed by atoms with Gasteiger partial charge in [-0.15, -0.1) is 13.2 Å². The number of para-hydroxylation sites is 1. The first-order valence-corrected chi connectivity index (χ1v) is 7.13. The Morgan fingerprint density at radius 3 is 2.40 bits per heavy atom. The van der Waals surface area contributed by atoms with Crippen LogP contribution in [-0.2, 0) is 5.41 Å². The molecule has 0 atom stereocenters. The maximum atomic E-state index is 12.5. The van der Waals surface area contributed by atoms with Crippen molar-refractivity contribution in [3.63, 3.8) is 0 Å². The van der Waals surface area contributed by atoms with Gasteiger partial charge in [0.25, 0.3) is 0 Å². The molecule has 1 aliphatic carbocycles. The van der Waals surface area contributed by atoms with Crippen LogP contribution in [0.5, 0.6) is 5.75 Å². The highest BCUT2D eigenvalue weighted by molar-refractivity contribution is 5.68. The Hall–Kier alpha value is -1.39. The molecular weight excluding hydrogens is 267 g/mol. The predicted molar refractivity (Wildman–Crippen MR) is 71.0 cm³/mol. The summed E-state index contributed by atoms with van der Waals surface area (Å²) in [5.41, 5.74) is 1.53. The van der Waals surface area contributed by atoms with Crippen LogP contribution < -0.4 is 10.1 Å². The molecule has 1 aromatic carbocycles. The van der Waals surface area contributed by atoms with Gasteiger partial charge < -0.3 is 10.1 Å². The number of hydrogen-bond acceptors (Lipinski definition) is 2. The number of rotatable bonds is 1. The van der Waals surface area contributed by atoms with Crippen LogP contribution in [0.2, 0.25) is 0 Å². The van der Waals surface area contributed by atoms with Gasteiger partial charge in [0.2, 0.25) is 0 Å². The van der Waals surface area contributed by atoms with E-state index in [0.29, 0.717) is 5.69 Å². The molecule has 2 aliphatic rings. The van der Waals surface area contributed by atoms with Crippen molar-refractivity contribution in [3.8, 4) is 5.75 Å². The Bertz CT molecular complexity index is 490. The van der Waals surface area contributed by atoms with E-state index in [1.165, 1.54) is 18.9 Å². The molecule has 0 aromatic heterocycles. The normalized spacial score (nSPS) is 21.1. The largest absolute Gasteiger partial charge is 0.573 e. The second-order valence-electron chi connectivity index (χ2n) is 5.77. The standard InChI is InChI=1S/C15H18F3NO/c16-15(17,18)20-12-7-5-6-11-13(12)19-10-14(11)8-3-1-2-4-9-14/h5-7,19H,1-4,8-10H2. The molecule has 0 saturated heterocycles. The maximum Gasteiger partial charge on any atom is 0.573 e. The van der Waals surface area contributed by atoms with E-state index in [9.17, 15) is 13.2 Å². The summed E-state index contributed by atoms with van der Waals surface area (Å²) in [6.07, 6.45) is 2.17. The number of hydrogen-bond donors (Lipinski definition) is 1. The van der Waals surface area contributed by atoms with Crippen LogP contribution in [0.4, 0.5) is 18.9 Å². The lowest BCUT2D eigenvalue weighted by molar-refractivity contribution is -0.274. The number of benzene rings is 1. The molecule has 0 bridgehead atoms. The van der Waals surface area contributed by atoms with Gasteiger partial charge >= 0.3 is 6.36 Å². The van der Waals surface area contributed by atoms with Crippen molar-refractivity contribution in [3.05, 3.63) is 23.8 Å². The second-order valence-corrected chi connectivity index (χ2v) is 5.77. The molecule has 1 aliphatic heterocycles. The Morgan fingerprint density at radius 1 is 1.05 bits per heavy atom. The van der Waals surface area contributed by atoms with Crippen LogP contribution in [-0.4, -0.2) is 12.9 Å². The summed E-state index contributed by atoms with van der Waals surface area (Å²) in [7, 11) is 0. The summed E-state index contributed by atoms with van der Waals surface area (Å²) in [6.45, 7) is 0.723. The molecule has 0 amide bonds. The molecule has 20 heavy (non-hydrogen) atoms. The summed E-state index contributed by atoms with van der Waals surface area (Å²) in [6, 6.07) is 5.00. The minimum absolute atomic E-state index is 0.00317. The molecule has 0 unspecified atom stereocenters. The van der Waals surface area contributed by atoms with Gasteiger partial charge in [-0.05, 0) is 24.5 Å². The zero-order valence-corrected chi connectivity index (χ0v) is 11.2. The first-order valence-electron chi connectivity index (χ1n) is 7.13. The minimum Gasteiger partial charge on any atom is -0.404 e. The summed E-state index contributed by atoms with van der Waals surface area (Å²) in [4.78, 5) is 0. The quantitative estimate of drug-likeness (QED) is 0.814. The summed E-state index contributed by atoms with van der Waals surface area (Å²) in [5, 5.41) is 3.15. The Balaban J connectivity index is 1.96. The van der Waals surface area contributed by atoms with Gasteiger partial charge in [-0.1, -0.05) is 37.8 Å². The maximum absolute atomic E-state index is 12.5. The van der Waals surface area contributed by atoms with Crippen molar-refractivity contribution in [2.45, 2.75) is 50.3 Å². The van der Waals surface area contributed by atoms with E-state index in [2.05, 4.69) is 10.1 Å². The van der Waals surface area contributed by atoms with Crippen molar-refractivity contribution >= 4 is 5.69 Å². The average Bonchev–Trinajstić information content (AvgIpc) is 2.56. The lowest BCUT2D eigenvalue weighted by atomic mass is 9.76. The molecule has 1 fully saturated rings. The molecule has 1 spiro atoms. The SMILES string of the molecule is FC(F)(F)Oc1cccc2c1NCC21CCCCCC1. The van der Waals surface area contributed by atoms with E-state index >= 15 is 0 Å². The molecular formula is C15H18F3NO. The van der Waals surface area contributed by atoms with E-state index < -0.39 is 6.36 Å². The number of alkyl halides is 3. The summed E-state index contributed by atoms with van der Waals surface area (Å²) < 4.78 is 41.5. The highest BCUT2D eigenvalue weighted by Gasteiger charge is 2.41. The topological polar surface area (TPSA) is 21.3 Å². The van der Waals surface area contributed by atoms with Crippen molar-refractivity contribution < 1.29 is 17.9 Å². The van der Waals surface area contributed by atoms with Gasteiger partial charge in [-0.2, -0.15) is 0 Å². The molecule has 5 heteroatoms.